The summed E-state index contributed by atoms with van der Waals surface area (Å²) in [6.07, 6.45) is 1.33. The van der Waals surface area contributed by atoms with Crippen molar-refractivity contribution in [1.29, 1.82) is 0 Å². The molecule has 0 heterocycles. The molecule has 8 heteroatoms. The van der Waals surface area contributed by atoms with Crippen molar-refractivity contribution >= 4 is 44.8 Å². The lowest BCUT2D eigenvalue weighted by Gasteiger charge is -2.09. The molecular weight excluding hydrogens is 323 g/mol. The van der Waals surface area contributed by atoms with Gasteiger partial charge in [-0.2, -0.15) is 0 Å². The lowest BCUT2D eigenvalue weighted by molar-refractivity contribution is -0.115. The number of carbonyl (C=O) groups excluding carboxylic acids is 1. The lowest BCUT2D eigenvalue weighted by Crippen LogP contribution is -2.34. The molecule has 1 aromatic carbocycles. The van der Waals surface area contributed by atoms with Crippen molar-refractivity contribution in [3.63, 3.8) is 0 Å². The first-order chi connectivity index (χ1) is 9.34. The zero-order valence-corrected chi connectivity index (χ0v) is 13.3. The highest BCUT2D eigenvalue weighted by molar-refractivity contribution is 7.89. The summed E-state index contributed by atoms with van der Waals surface area (Å²) in [5, 5.41) is 3.25. The number of sulfonamides is 1. The maximum atomic E-state index is 11.6. The van der Waals surface area contributed by atoms with Gasteiger partial charge in [0.25, 0.3) is 0 Å². The summed E-state index contributed by atoms with van der Waals surface area (Å²) in [4.78, 5) is 11.6. The summed E-state index contributed by atoms with van der Waals surface area (Å²) in [5.41, 5.74) is 0.383. The topological polar surface area (TPSA) is 75.3 Å². The molecule has 0 radical (unpaired) electrons. The van der Waals surface area contributed by atoms with Crippen LogP contribution in [-0.2, 0) is 14.8 Å². The van der Waals surface area contributed by atoms with Crippen LogP contribution in [-0.4, -0.2) is 26.6 Å². The van der Waals surface area contributed by atoms with E-state index in [4.69, 9.17) is 23.2 Å². The van der Waals surface area contributed by atoms with Crippen molar-refractivity contribution in [2.45, 2.75) is 19.8 Å². The highest BCUT2D eigenvalue weighted by atomic mass is 35.5. The predicted octanol–water partition coefficient (Wildman–Crippen LogP) is 2.65. The summed E-state index contributed by atoms with van der Waals surface area (Å²) in [6.45, 7) is 1.57. The number of hydrogen-bond donors (Lipinski definition) is 2. The zero-order valence-electron chi connectivity index (χ0n) is 10.9. The second-order valence-electron chi connectivity index (χ2n) is 4.17. The minimum atomic E-state index is -3.41. The van der Waals surface area contributed by atoms with E-state index in [0.29, 0.717) is 22.2 Å². The van der Waals surface area contributed by atoms with Gasteiger partial charge in [-0.15, -0.1) is 0 Å². The van der Waals surface area contributed by atoms with Crippen LogP contribution in [0.25, 0.3) is 0 Å². The molecule has 0 spiro atoms. The second-order valence-corrected chi connectivity index (χ2v) is 6.94. The van der Waals surface area contributed by atoms with Gasteiger partial charge in [0, 0.05) is 5.02 Å². The number of anilines is 1. The first kappa shape index (κ1) is 17.2. The molecule has 0 aromatic heterocycles. The molecule has 5 nitrogen and oxygen atoms in total. The summed E-state index contributed by atoms with van der Waals surface area (Å²) in [7, 11) is -3.41. The Labute approximate surface area is 128 Å². The fraction of sp³-hybridized carbons (Fsp3) is 0.417. The van der Waals surface area contributed by atoms with Gasteiger partial charge in [0.1, 0.15) is 0 Å². The van der Waals surface area contributed by atoms with Gasteiger partial charge in [0.15, 0.2) is 0 Å². The van der Waals surface area contributed by atoms with E-state index in [-0.39, 0.29) is 12.3 Å². The van der Waals surface area contributed by atoms with E-state index in [1.54, 1.807) is 12.1 Å². The molecule has 0 atom stereocenters. The van der Waals surface area contributed by atoms with Crippen molar-refractivity contribution in [3.05, 3.63) is 28.2 Å². The maximum absolute atomic E-state index is 11.6. The maximum Gasteiger partial charge on any atom is 0.239 e. The third-order valence-corrected chi connectivity index (χ3v) is 4.38. The number of unbranched alkanes of at least 4 members (excludes halogenated alkanes) is 1. The van der Waals surface area contributed by atoms with Crippen molar-refractivity contribution in [2.24, 2.45) is 0 Å². The van der Waals surface area contributed by atoms with E-state index in [1.165, 1.54) is 6.07 Å². The van der Waals surface area contributed by atoms with Crippen LogP contribution in [0.3, 0.4) is 0 Å². The highest BCUT2D eigenvalue weighted by Gasteiger charge is 2.12. The van der Waals surface area contributed by atoms with Crippen LogP contribution < -0.4 is 10.0 Å². The number of halogens is 2. The molecule has 0 saturated heterocycles. The average Bonchev–Trinajstić information content (AvgIpc) is 2.38. The Hall–Kier alpha value is -0.820. The van der Waals surface area contributed by atoms with Crippen molar-refractivity contribution in [2.75, 3.05) is 17.6 Å². The number of amides is 1. The third-order valence-electron chi connectivity index (χ3n) is 2.42. The Balaban J connectivity index is 2.52. The van der Waals surface area contributed by atoms with E-state index in [1.807, 2.05) is 6.92 Å². The van der Waals surface area contributed by atoms with Crippen LogP contribution in [0.5, 0.6) is 0 Å². The molecule has 0 aliphatic heterocycles. The molecule has 2 N–H and O–H groups in total. The summed E-state index contributed by atoms with van der Waals surface area (Å²) >= 11 is 11.6. The Bertz CT molecular complexity index is 576. The Kier molecular flexibility index (Phi) is 6.75. The predicted molar refractivity (Wildman–Crippen MR) is 81.8 cm³/mol. The Morgan fingerprint density at radius 3 is 2.60 bits per heavy atom. The standard InChI is InChI=1S/C12H16Cl2N2O3S/c1-2-3-6-20(18,19)15-8-12(17)16-11-5-4-9(13)7-10(11)14/h4-5,7,15H,2-3,6,8H2,1H3,(H,16,17). The van der Waals surface area contributed by atoms with E-state index in [2.05, 4.69) is 10.0 Å². The zero-order chi connectivity index (χ0) is 15.2. The number of rotatable bonds is 7. The SMILES string of the molecule is CCCCS(=O)(=O)NCC(=O)Nc1ccc(Cl)cc1Cl. The number of nitrogens with one attached hydrogen (secondary N) is 2. The quantitative estimate of drug-likeness (QED) is 0.802. The van der Waals surface area contributed by atoms with Crippen LogP contribution in [0.1, 0.15) is 19.8 Å². The van der Waals surface area contributed by atoms with Gasteiger partial charge < -0.3 is 5.32 Å². The average molecular weight is 339 g/mol. The van der Waals surface area contributed by atoms with E-state index >= 15 is 0 Å². The lowest BCUT2D eigenvalue weighted by atomic mass is 10.3. The minimum absolute atomic E-state index is 0.0124. The normalized spacial score (nSPS) is 11.3. The van der Waals surface area contributed by atoms with Gasteiger partial charge in [-0.3, -0.25) is 4.79 Å². The summed E-state index contributed by atoms with van der Waals surface area (Å²) in [5.74, 6) is -0.479. The largest absolute Gasteiger partial charge is 0.324 e. The van der Waals surface area contributed by atoms with Crippen LogP contribution in [0.2, 0.25) is 10.0 Å². The van der Waals surface area contributed by atoms with Crippen LogP contribution in [0.4, 0.5) is 5.69 Å². The Morgan fingerprint density at radius 1 is 1.30 bits per heavy atom. The van der Waals surface area contributed by atoms with Crippen LogP contribution >= 0.6 is 23.2 Å². The molecule has 1 rings (SSSR count). The number of hydrogen-bond acceptors (Lipinski definition) is 3. The molecule has 0 fully saturated rings. The second kappa shape index (κ2) is 7.83. The van der Waals surface area contributed by atoms with Crippen LogP contribution in [0, 0.1) is 0 Å². The third kappa shape index (κ3) is 6.09. The molecule has 112 valence electrons. The van der Waals surface area contributed by atoms with Crippen molar-refractivity contribution < 1.29 is 13.2 Å². The van der Waals surface area contributed by atoms with Gasteiger partial charge in [-0.25, -0.2) is 13.1 Å². The van der Waals surface area contributed by atoms with E-state index in [0.717, 1.165) is 6.42 Å². The Morgan fingerprint density at radius 2 is 2.00 bits per heavy atom. The first-order valence-corrected chi connectivity index (χ1v) is 8.47. The molecule has 0 aliphatic carbocycles. The minimum Gasteiger partial charge on any atom is -0.324 e. The van der Waals surface area contributed by atoms with Gasteiger partial charge in [-0.1, -0.05) is 36.5 Å². The molecule has 1 aromatic rings. The number of carbonyl (C=O) groups is 1. The molecule has 20 heavy (non-hydrogen) atoms. The van der Waals surface area contributed by atoms with Gasteiger partial charge in [0.05, 0.1) is 23.0 Å². The number of benzene rings is 1. The molecular formula is C12H16Cl2N2O3S. The molecule has 1 amide bonds. The summed E-state index contributed by atoms with van der Waals surface area (Å²) < 4.78 is 25.3. The fourth-order valence-corrected chi connectivity index (χ4v) is 2.99. The molecule has 0 bridgehead atoms. The smallest absolute Gasteiger partial charge is 0.239 e. The summed E-state index contributed by atoms with van der Waals surface area (Å²) in [6, 6.07) is 4.62. The fourth-order valence-electron chi connectivity index (χ4n) is 1.37. The van der Waals surface area contributed by atoms with Crippen molar-refractivity contribution in [3.8, 4) is 0 Å². The molecule has 0 aliphatic rings. The molecule has 0 saturated carbocycles. The highest BCUT2D eigenvalue weighted by Crippen LogP contribution is 2.25. The van der Waals surface area contributed by atoms with Gasteiger partial charge >= 0.3 is 0 Å². The van der Waals surface area contributed by atoms with Crippen molar-refractivity contribution in [1.82, 2.24) is 4.72 Å². The first-order valence-electron chi connectivity index (χ1n) is 6.06. The molecule has 0 unspecified atom stereocenters. The monoisotopic (exact) mass is 338 g/mol. The van der Waals surface area contributed by atoms with E-state index < -0.39 is 15.9 Å². The van der Waals surface area contributed by atoms with Crippen LogP contribution in [0.15, 0.2) is 18.2 Å². The van der Waals surface area contributed by atoms with Gasteiger partial charge in [-0.05, 0) is 24.6 Å². The van der Waals surface area contributed by atoms with E-state index in [9.17, 15) is 13.2 Å². The van der Waals surface area contributed by atoms with Gasteiger partial charge in [0.2, 0.25) is 15.9 Å².